The van der Waals surface area contributed by atoms with Gasteiger partial charge in [0.25, 0.3) is 0 Å². The molecule has 20 heavy (non-hydrogen) atoms. The van der Waals surface area contributed by atoms with Crippen molar-refractivity contribution in [3.63, 3.8) is 0 Å². The first-order valence-corrected chi connectivity index (χ1v) is 8.30. The summed E-state index contributed by atoms with van der Waals surface area (Å²) in [5, 5.41) is 0. The van der Waals surface area contributed by atoms with Crippen LogP contribution < -0.4 is 5.73 Å². The third-order valence-corrected chi connectivity index (χ3v) is 5.45. The van der Waals surface area contributed by atoms with Gasteiger partial charge in [-0.25, -0.2) is 0 Å². The van der Waals surface area contributed by atoms with Gasteiger partial charge in [0.15, 0.2) is 0 Å². The monoisotopic (exact) mass is 272 g/mol. The molecule has 2 aliphatic rings. The van der Waals surface area contributed by atoms with E-state index in [0.717, 1.165) is 18.5 Å². The maximum Gasteiger partial charge on any atom is 0.0333 e. The maximum absolute atomic E-state index is 6.46. The zero-order valence-corrected chi connectivity index (χ0v) is 12.7. The molecule has 1 aromatic carbocycles. The number of benzene rings is 1. The molecule has 4 atom stereocenters. The van der Waals surface area contributed by atoms with E-state index in [4.69, 9.17) is 5.73 Å². The zero-order chi connectivity index (χ0) is 13.9. The molecule has 110 valence electrons. The van der Waals surface area contributed by atoms with Crippen LogP contribution in [0.2, 0.25) is 0 Å². The number of nitrogens with zero attached hydrogens (tertiary/aromatic N) is 1. The van der Waals surface area contributed by atoms with Crippen LogP contribution in [0, 0.1) is 11.8 Å². The Morgan fingerprint density at radius 2 is 1.90 bits per heavy atom. The highest BCUT2D eigenvalue weighted by atomic mass is 15.2. The topological polar surface area (TPSA) is 29.3 Å². The molecule has 0 radical (unpaired) electrons. The summed E-state index contributed by atoms with van der Waals surface area (Å²) in [5.41, 5.74) is 7.74. The second-order valence-electron chi connectivity index (χ2n) is 6.81. The van der Waals surface area contributed by atoms with Crippen LogP contribution in [0.4, 0.5) is 0 Å². The van der Waals surface area contributed by atoms with E-state index in [1.54, 1.807) is 0 Å². The lowest BCUT2D eigenvalue weighted by molar-refractivity contribution is 0.156. The zero-order valence-electron chi connectivity index (χ0n) is 12.7. The number of rotatable bonds is 4. The standard InChI is InChI=1S/C18H28N2/c1-14(18(19)16-8-3-2-4-9-16)13-20-12-11-15-7-5-6-10-17(15)20/h2-4,8-9,14-15,17-18H,5-7,10-13,19H2,1H3. The number of nitrogens with two attached hydrogens (primary N) is 1. The van der Waals surface area contributed by atoms with E-state index in [1.807, 2.05) is 0 Å². The molecule has 0 spiro atoms. The quantitative estimate of drug-likeness (QED) is 0.907. The minimum atomic E-state index is 0.166. The van der Waals surface area contributed by atoms with Gasteiger partial charge in [0.2, 0.25) is 0 Å². The van der Waals surface area contributed by atoms with E-state index in [9.17, 15) is 0 Å². The smallest absolute Gasteiger partial charge is 0.0333 e. The van der Waals surface area contributed by atoms with Crippen molar-refractivity contribution in [2.75, 3.05) is 13.1 Å². The molecule has 1 heterocycles. The molecule has 2 heteroatoms. The van der Waals surface area contributed by atoms with Crippen LogP contribution in [0.5, 0.6) is 0 Å². The number of likely N-dealkylation sites (tertiary alicyclic amines) is 1. The average Bonchev–Trinajstić information content (AvgIpc) is 2.91. The van der Waals surface area contributed by atoms with Gasteiger partial charge >= 0.3 is 0 Å². The number of hydrogen-bond donors (Lipinski definition) is 1. The maximum atomic E-state index is 6.46. The Bertz CT molecular complexity index is 417. The molecule has 2 nitrogen and oxygen atoms in total. The van der Waals surface area contributed by atoms with Gasteiger partial charge in [0.1, 0.15) is 0 Å². The second kappa shape index (κ2) is 6.28. The molecule has 2 N–H and O–H groups in total. The highest BCUT2D eigenvalue weighted by molar-refractivity contribution is 5.19. The van der Waals surface area contributed by atoms with Crippen molar-refractivity contribution in [2.24, 2.45) is 17.6 Å². The summed E-state index contributed by atoms with van der Waals surface area (Å²) in [4.78, 5) is 2.73. The van der Waals surface area contributed by atoms with Crippen LogP contribution in [0.25, 0.3) is 0 Å². The van der Waals surface area contributed by atoms with Crippen molar-refractivity contribution in [2.45, 2.75) is 51.1 Å². The first-order chi connectivity index (χ1) is 9.75. The number of fused-ring (bicyclic) bond motifs is 1. The van der Waals surface area contributed by atoms with Crippen LogP contribution in [-0.4, -0.2) is 24.0 Å². The van der Waals surface area contributed by atoms with Crippen LogP contribution in [0.3, 0.4) is 0 Å². The lowest BCUT2D eigenvalue weighted by Gasteiger charge is -2.34. The molecule has 3 rings (SSSR count). The molecule has 1 saturated heterocycles. The van der Waals surface area contributed by atoms with E-state index in [2.05, 4.69) is 42.2 Å². The van der Waals surface area contributed by atoms with E-state index < -0.39 is 0 Å². The summed E-state index contributed by atoms with van der Waals surface area (Å²) in [5.74, 6) is 1.50. The van der Waals surface area contributed by atoms with Crippen LogP contribution in [0.1, 0.15) is 50.6 Å². The summed E-state index contributed by atoms with van der Waals surface area (Å²) >= 11 is 0. The van der Waals surface area contributed by atoms with Gasteiger partial charge in [0, 0.05) is 18.6 Å². The molecule has 0 aromatic heterocycles. The van der Waals surface area contributed by atoms with Gasteiger partial charge in [-0.1, -0.05) is 50.1 Å². The third kappa shape index (κ3) is 2.91. The summed E-state index contributed by atoms with van der Waals surface area (Å²) < 4.78 is 0. The molecule has 1 aliphatic heterocycles. The second-order valence-corrected chi connectivity index (χ2v) is 6.81. The van der Waals surface area contributed by atoms with Crippen molar-refractivity contribution < 1.29 is 0 Å². The van der Waals surface area contributed by atoms with Crippen LogP contribution >= 0.6 is 0 Å². The highest BCUT2D eigenvalue weighted by Crippen LogP contribution is 2.37. The number of hydrogen-bond acceptors (Lipinski definition) is 2. The highest BCUT2D eigenvalue weighted by Gasteiger charge is 2.36. The van der Waals surface area contributed by atoms with Crippen LogP contribution in [0.15, 0.2) is 30.3 Å². The van der Waals surface area contributed by atoms with Gasteiger partial charge in [-0.3, -0.25) is 4.90 Å². The van der Waals surface area contributed by atoms with E-state index >= 15 is 0 Å². The Morgan fingerprint density at radius 1 is 1.15 bits per heavy atom. The predicted molar refractivity (Wildman–Crippen MR) is 84.5 cm³/mol. The van der Waals surface area contributed by atoms with Gasteiger partial charge in [-0.2, -0.15) is 0 Å². The Hall–Kier alpha value is -0.860. The largest absolute Gasteiger partial charge is 0.324 e. The molecule has 1 aliphatic carbocycles. The lowest BCUT2D eigenvalue weighted by Crippen LogP contribution is -2.39. The molecule has 4 unspecified atom stereocenters. The Labute approximate surface area is 123 Å². The van der Waals surface area contributed by atoms with Crippen molar-refractivity contribution in [1.29, 1.82) is 0 Å². The third-order valence-electron chi connectivity index (χ3n) is 5.45. The minimum absolute atomic E-state index is 0.166. The Morgan fingerprint density at radius 3 is 2.70 bits per heavy atom. The van der Waals surface area contributed by atoms with Gasteiger partial charge < -0.3 is 5.73 Å². The Balaban J connectivity index is 1.60. The summed E-state index contributed by atoms with van der Waals surface area (Å²) in [6.07, 6.45) is 7.17. The summed E-state index contributed by atoms with van der Waals surface area (Å²) in [6, 6.07) is 11.6. The normalized spacial score (nSPS) is 29.9. The minimum Gasteiger partial charge on any atom is -0.324 e. The molecule has 0 amide bonds. The average molecular weight is 272 g/mol. The van der Waals surface area contributed by atoms with Crippen molar-refractivity contribution >= 4 is 0 Å². The summed E-state index contributed by atoms with van der Waals surface area (Å²) in [7, 11) is 0. The van der Waals surface area contributed by atoms with Crippen molar-refractivity contribution in [3.8, 4) is 0 Å². The predicted octanol–water partition coefficient (Wildman–Crippen LogP) is 3.59. The van der Waals surface area contributed by atoms with Crippen molar-refractivity contribution in [1.82, 2.24) is 4.90 Å². The molecule has 1 saturated carbocycles. The van der Waals surface area contributed by atoms with E-state index in [0.29, 0.717) is 5.92 Å². The fourth-order valence-corrected chi connectivity index (χ4v) is 4.22. The fraction of sp³-hybridized carbons (Fsp3) is 0.667. The molecule has 2 fully saturated rings. The fourth-order valence-electron chi connectivity index (χ4n) is 4.22. The van der Waals surface area contributed by atoms with Gasteiger partial charge in [0.05, 0.1) is 0 Å². The lowest BCUT2D eigenvalue weighted by atomic mass is 9.85. The van der Waals surface area contributed by atoms with Gasteiger partial charge in [-0.05, 0) is 43.2 Å². The summed E-state index contributed by atoms with van der Waals surface area (Å²) in [6.45, 7) is 4.77. The Kier molecular flexibility index (Phi) is 4.42. The molecule has 1 aromatic rings. The molecular formula is C18H28N2. The van der Waals surface area contributed by atoms with Crippen molar-refractivity contribution in [3.05, 3.63) is 35.9 Å². The van der Waals surface area contributed by atoms with Gasteiger partial charge in [-0.15, -0.1) is 0 Å². The SMILES string of the molecule is CC(CN1CCC2CCCCC21)C(N)c1ccccc1. The first-order valence-electron chi connectivity index (χ1n) is 8.30. The van der Waals surface area contributed by atoms with Crippen LogP contribution in [-0.2, 0) is 0 Å². The van der Waals surface area contributed by atoms with E-state index in [1.165, 1.54) is 44.2 Å². The molecular weight excluding hydrogens is 244 g/mol. The first kappa shape index (κ1) is 14.1. The van der Waals surface area contributed by atoms with E-state index in [-0.39, 0.29) is 6.04 Å². The molecule has 0 bridgehead atoms.